The van der Waals surface area contributed by atoms with Crippen molar-refractivity contribution in [3.8, 4) is 6.07 Å². The fourth-order valence-corrected chi connectivity index (χ4v) is 0.364. The highest BCUT2D eigenvalue weighted by Gasteiger charge is 1.82. The van der Waals surface area contributed by atoms with Gasteiger partial charge in [0, 0.05) is 13.5 Å². The molecule has 0 spiro atoms. The number of hydrogen-bond donors (Lipinski definition) is 2. The Hall–Kier alpha value is -1.12. The maximum Gasteiger partial charge on any atom is 0.217 e. The van der Waals surface area contributed by atoms with Crippen molar-refractivity contribution in [2.75, 3.05) is 33.8 Å². The molecule has 0 heterocycles. The van der Waals surface area contributed by atoms with Crippen molar-refractivity contribution in [2.24, 2.45) is 0 Å². The van der Waals surface area contributed by atoms with Gasteiger partial charge in [0.1, 0.15) is 6.54 Å². The zero-order chi connectivity index (χ0) is 10.7. The summed E-state index contributed by atoms with van der Waals surface area (Å²) < 4.78 is 0. The summed E-state index contributed by atoms with van der Waals surface area (Å²) in [6.07, 6.45) is 0. The van der Waals surface area contributed by atoms with Crippen LogP contribution in [0.25, 0.3) is 0 Å². The minimum Gasteiger partial charge on any atom is -0.395 e. The summed E-state index contributed by atoms with van der Waals surface area (Å²) in [7, 11) is 3.85. The van der Waals surface area contributed by atoms with Crippen LogP contribution in [0.2, 0.25) is 0 Å². The third kappa shape index (κ3) is 24.8. The third-order valence-corrected chi connectivity index (χ3v) is 0.964. The van der Waals surface area contributed by atoms with Crippen molar-refractivity contribution in [1.29, 1.82) is 5.26 Å². The molecule has 13 heavy (non-hydrogen) atoms. The summed E-state index contributed by atoms with van der Waals surface area (Å²) in [5.74, 6) is -0.165. The minimum absolute atomic E-state index is 0.106. The molecule has 5 heteroatoms. The van der Waals surface area contributed by atoms with Gasteiger partial charge in [-0.2, -0.15) is 5.26 Å². The van der Waals surface area contributed by atoms with Gasteiger partial charge in [-0.1, -0.05) is 0 Å². The normalized spacial score (nSPS) is 8.31. The first-order valence-electron chi connectivity index (χ1n) is 3.91. The highest BCUT2D eigenvalue weighted by molar-refractivity contribution is 5.72. The molecule has 0 aromatic carbocycles. The predicted molar refractivity (Wildman–Crippen MR) is 49.9 cm³/mol. The van der Waals surface area contributed by atoms with Crippen LogP contribution in [0, 0.1) is 11.3 Å². The standard InChI is InChI=1S/C4H6N2O.C4H11NO/c1-4(7)6-3-2-5;1-5(2)3-4-6/h3H2,1H3,(H,6,7);6H,3-4H2,1-2H3. The minimum atomic E-state index is -0.165. The number of carbonyl (C=O) groups excluding carboxylic acids is 1. The summed E-state index contributed by atoms with van der Waals surface area (Å²) in [4.78, 5) is 11.9. The second-order valence-corrected chi connectivity index (χ2v) is 2.59. The molecule has 0 aromatic heterocycles. The van der Waals surface area contributed by atoms with Crippen LogP contribution in [-0.4, -0.2) is 49.7 Å². The van der Waals surface area contributed by atoms with E-state index in [0.717, 1.165) is 6.54 Å². The molecule has 0 aromatic rings. The van der Waals surface area contributed by atoms with Crippen LogP contribution in [0.4, 0.5) is 0 Å². The molecule has 0 bridgehead atoms. The van der Waals surface area contributed by atoms with Crippen LogP contribution < -0.4 is 5.32 Å². The Bertz CT molecular complexity index is 163. The van der Waals surface area contributed by atoms with E-state index in [4.69, 9.17) is 10.4 Å². The van der Waals surface area contributed by atoms with E-state index in [0.29, 0.717) is 0 Å². The molecule has 0 aliphatic rings. The quantitative estimate of drug-likeness (QED) is 0.566. The van der Waals surface area contributed by atoms with E-state index >= 15 is 0 Å². The molecule has 0 aliphatic carbocycles. The topological polar surface area (TPSA) is 76.4 Å². The number of carbonyl (C=O) groups is 1. The lowest BCUT2D eigenvalue weighted by molar-refractivity contribution is -0.118. The number of aliphatic hydroxyl groups is 1. The Morgan fingerprint density at radius 2 is 2.15 bits per heavy atom. The summed E-state index contributed by atoms with van der Waals surface area (Å²) in [5, 5.41) is 18.3. The molecular formula is C8H17N3O2. The first kappa shape index (κ1) is 14.4. The summed E-state index contributed by atoms with van der Waals surface area (Å²) in [5.41, 5.74) is 0. The number of aliphatic hydroxyl groups excluding tert-OH is 1. The van der Waals surface area contributed by atoms with Crippen molar-refractivity contribution >= 4 is 5.91 Å². The molecule has 2 N–H and O–H groups in total. The van der Waals surface area contributed by atoms with Gasteiger partial charge in [0.25, 0.3) is 0 Å². The fraction of sp³-hybridized carbons (Fsp3) is 0.750. The van der Waals surface area contributed by atoms with Crippen LogP contribution in [0.5, 0.6) is 0 Å². The molecule has 5 nitrogen and oxygen atoms in total. The Morgan fingerprint density at radius 3 is 2.23 bits per heavy atom. The van der Waals surface area contributed by atoms with E-state index in [1.54, 1.807) is 6.07 Å². The first-order valence-corrected chi connectivity index (χ1v) is 3.91. The van der Waals surface area contributed by atoms with Crippen LogP contribution >= 0.6 is 0 Å². The van der Waals surface area contributed by atoms with E-state index in [9.17, 15) is 4.79 Å². The number of hydrogen-bond acceptors (Lipinski definition) is 4. The maximum atomic E-state index is 9.94. The predicted octanol–water partition coefficient (Wildman–Crippen LogP) is -0.814. The highest BCUT2D eigenvalue weighted by atomic mass is 16.3. The number of nitriles is 1. The molecule has 0 atom stereocenters. The van der Waals surface area contributed by atoms with E-state index < -0.39 is 0 Å². The van der Waals surface area contributed by atoms with Crippen molar-refractivity contribution in [3.05, 3.63) is 0 Å². The number of nitrogens with one attached hydrogen (secondary N) is 1. The van der Waals surface area contributed by atoms with E-state index in [2.05, 4.69) is 5.32 Å². The molecule has 0 unspecified atom stereocenters. The average Bonchev–Trinajstić information content (AvgIpc) is 2.01. The van der Waals surface area contributed by atoms with Gasteiger partial charge < -0.3 is 15.3 Å². The van der Waals surface area contributed by atoms with Crippen molar-refractivity contribution in [3.63, 3.8) is 0 Å². The second-order valence-electron chi connectivity index (χ2n) is 2.59. The van der Waals surface area contributed by atoms with E-state index in [-0.39, 0.29) is 19.1 Å². The Morgan fingerprint density at radius 1 is 1.62 bits per heavy atom. The van der Waals surface area contributed by atoms with Crippen molar-refractivity contribution in [2.45, 2.75) is 6.92 Å². The number of amides is 1. The van der Waals surface area contributed by atoms with E-state index in [1.165, 1.54) is 6.92 Å². The number of rotatable bonds is 3. The molecule has 0 radical (unpaired) electrons. The number of nitrogens with zero attached hydrogens (tertiary/aromatic N) is 2. The van der Waals surface area contributed by atoms with Gasteiger partial charge >= 0.3 is 0 Å². The largest absolute Gasteiger partial charge is 0.395 e. The monoisotopic (exact) mass is 187 g/mol. The molecular weight excluding hydrogens is 170 g/mol. The molecule has 0 fully saturated rings. The smallest absolute Gasteiger partial charge is 0.217 e. The van der Waals surface area contributed by atoms with Gasteiger partial charge in [-0.25, -0.2) is 0 Å². The Balaban J connectivity index is 0. The first-order chi connectivity index (χ1) is 6.04. The van der Waals surface area contributed by atoms with Crippen molar-refractivity contribution < 1.29 is 9.90 Å². The van der Waals surface area contributed by atoms with Gasteiger partial charge in [-0.05, 0) is 14.1 Å². The Labute approximate surface area is 79.0 Å². The zero-order valence-corrected chi connectivity index (χ0v) is 8.37. The van der Waals surface area contributed by atoms with Gasteiger partial charge in [0.15, 0.2) is 0 Å². The molecule has 0 rings (SSSR count). The average molecular weight is 187 g/mol. The molecule has 0 saturated heterocycles. The van der Waals surface area contributed by atoms with Gasteiger partial charge in [0.05, 0.1) is 12.7 Å². The maximum absolute atomic E-state index is 9.94. The SMILES string of the molecule is CC(=O)NCC#N.CN(C)CCO. The van der Waals surface area contributed by atoms with Crippen LogP contribution in [0.3, 0.4) is 0 Å². The van der Waals surface area contributed by atoms with Crippen LogP contribution in [0.15, 0.2) is 0 Å². The van der Waals surface area contributed by atoms with Gasteiger partial charge in [-0.3, -0.25) is 4.79 Å². The van der Waals surface area contributed by atoms with Crippen LogP contribution in [-0.2, 0) is 4.79 Å². The van der Waals surface area contributed by atoms with Crippen molar-refractivity contribution in [1.82, 2.24) is 10.2 Å². The van der Waals surface area contributed by atoms with E-state index in [1.807, 2.05) is 19.0 Å². The Kier molecular flexibility index (Phi) is 12.1. The fourth-order valence-electron chi connectivity index (χ4n) is 0.364. The lowest BCUT2D eigenvalue weighted by Crippen LogP contribution is -2.19. The molecule has 0 saturated carbocycles. The van der Waals surface area contributed by atoms with Crippen LogP contribution in [0.1, 0.15) is 6.92 Å². The lowest BCUT2D eigenvalue weighted by atomic mass is 10.6. The second kappa shape index (κ2) is 10.9. The zero-order valence-electron chi connectivity index (χ0n) is 8.37. The molecule has 0 aliphatic heterocycles. The van der Waals surface area contributed by atoms with Gasteiger partial charge in [-0.15, -0.1) is 0 Å². The third-order valence-electron chi connectivity index (χ3n) is 0.964. The summed E-state index contributed by atoms with van der Waals surface area (Å²) in [6.45, 7) is 2.50. The number of likely N-dealkylation sites (N-methyl/N-ethyl adjacent to an activating group) is 1. The highest BCUT2D eigenvalue weighted by Crippen LogP contribution is 1.66. The molecule has 1 amide bonds. The summed E-state index contributed by atoms with van der Waals surface area (Å²) >= 11 is 0. The molecule has 76 valence electrons. The lowest BCUT2D eigenvalue weighted by Gasteiger charge is -2.03. The summed E-state index contributed by atoms with van der Waals surface area (Å²) in [6, 6.07) is 1.77. The van der Waals surface area contributed by atoms with Gasteiger partial charge in [0.2, 0.25) is 5.91 Å².